The molecule has 0 spiro atoms. The predicted octanol–water partition coefficient (Wildman–Crippen LogP) is 1.00. The molecule has 2 N–H and O–H groups in total. The van der Waals surface area contributed by atoms with Crippen LogP contribution in [0.3, 0.4) is 0 Å². The molecule has 11 heteroatoms. The van der Waals surface area contributed by atoms with Gasteiger partial charge in [0.2, 0.25) is 5.91 Å². The number of carbonyl (C=O) groups is 3. The first-order valence-electron chi connectivity index (χ1n) is 10.3. The van der Waals surface area contributed by atoms with Gasteiger partial charge in [0.05, 0.1) is 26.2 Å². The lowest BCUT2D eigenvalue weighted by Gasteiger charge is -2.29. The van der Waals surface area contributed by atoms with Gasteiger partial charge in [-0.15, -0.1) is 0 Å². The topological polar surface area (TPSA) is 124 Å². The number of rotatable bonds is 7. The van der Waals surface area contributed by atoms with E-state index in [1.54, 1.807) is 33.2 Å². The van der Waals surface area contributed by atoms with E-state index < -0.39 is 23.7 Å². The van der Waals surface area contributed by atoms with Crippen molar-refractivity contribution >= 4 is 42.2 Å². The van der Waals surface area contributed by atoms with Crippen molar-refractivity contribution < 1.29 is 24.2 Å². The highest BCUT2D eigenvalue weighted by atomic mass is 32.2. The van der Waals surface area contributed by atoms with E-state index in [1.165, 1.54) is 16.7 Å². The summed E-state index contributed by atoms with van der Waals surface area (Å²) in [7, 11) is 0. The first-order chi connectivity index (χ1) is 14.6. The second-order valence-corrected chi connectivity index (χ2v) is 9.06. The van der Waals surface area contributed by atoms with Crippen molar-refractivity contribution in [3.8, 4) is 0 Å². The van der Waals surface area contributed by atoms with Crippen LogP contribution in [0.5, 0.6) is 0 Å². The number of carbonyl (C=O) groups excluding carboxylic acids is 2. The minimum atomic E-state index is -1.05. The van der Waals surface area contributed by atoms with Crippen molar-refractivity contribution in [2.75, 3.05) is 57.8 Å². The Morgan fingerprint density at radius 3 is 2.39 bits per heavy atom. The Labute approximate surface area is 188 Å². The predicted molar refractivity (Wildman–Crippen MR) is 124 cm³/mol. The molecule has 0 fully saturated rings. The van der Waals surface area contributed by atoms with Crippen LogP contribution in [0.1, 0.15) is 27.2 Å². The molecule has 0 aromatic carbocycles. The Kier molecular flexibility index (Phi) is 12.2. The number of amides is 2. The molecule has 0 aromatic rings. The van der Waals surface area contributed by atoms with E-state index in [0.717, 1.165) is 0 Å². The lowest BCUT2D eigenvalue weighted by molar-refractivity contribution is -0.142. The molecule has 1 heterocycles. The third-order valence-electron chi connectivity index (χ3n) is 4.21. The fourth-order valence-corrected chi connectivity index (χ4v) is 3.12. The van der Waals surface area contributed by atoms with Gasteiger partial charge in [0, 0.05) is 32.1 Å². The zero-order chi connectivity index (χ0) is 23.3. The Balaban J connectivity index is 2.79. The van der Waals surface area contributed by atoms with Crippen LogP contribution in [0.4, 0.5) is 4.79 Å². The molecule has 1 atom stereocenters. The van der Waals surface area contributed by atoms with Gasteiger partial charge in [0.25, 0.3) is 0 Å². The van der Waals surface area contributed by atoms with Crippen molar-refractivity contribution in [2.45, 2.75) is 38.8 Å². The summed E-state index contributed by atoms with van der Waals surface area (Å²) in [4.78, 5) is 48.3. The maximum Gasteiger partial charge on any atom is 0.410 e. The van der Waals surface area contributed by atoms with E-state index in [0.29, 0.717) is 51.4 Å². The first kappa shape index (κ1) is 26.9. The number of ether oxygens (including phenoxy) is 1. The lowest BCUT2D eigenvalue weighted by Crippen LogP contribution is -2.48. The van der Waals surface area contributed by atoms with E-state index in [4.69, 9.17) is 4.74 Å². The van der Waals surface area contributed by atoms with Crippen molar-refractivity contribution in [2.24, 2.45) is 9.98 Å². The van der Waals surface area contributed by atoms with Gasteiger partial charge >= 0.3 is 12.1 Å². The minimum Gasteiger partial charge on any atom is -0.480 e. The molecule has 0 aromatic heterocycles. The molecule has 0 saturated carbocycles. The van der Waals surface area contributed by atoms with Crippen molar-refractivity contribution in [3.05, 3.63) is 0 Å². The van der Waals surface area contributed by atoms with Gasteiger partial charge in [-0.05, 0) is 39.2 Å². The monoisotopic (exact) mass is 457 g/mol. The average molecular weight is 458 g/mol. The van der Waals surface area contributed by atoms with Crippen LogP contribution in [0.15, 0.2) is 9.98 Å². The third-order valence-corrected chi connectivity index (χ3v) is 4.85. The molecule has 0 saturated heterocycles. The first-order valence-corrected chi connectivity index (χ1v) is 11.7. The summed E-state index contributed by atoms with van der Waals surface area (Å²) < 4.78 is 5.47. The summed E-state index contributed by atoms with van der Waals surface area (Å²) in [5, 5.41) is 11.9. The van der Waals surface area contributed by atoms with Crippen LogP contribution in [0.25, 0.3) is 0 Å². The van der Waals surface area contributed by atoms with Crippen LogP contribution < -0.4 is 5.32 Å². The Morgan fingerprint density at radius 2 is 1.81 bits per heavy atom. The molecule has 0 radical (unpaired) electrons. The van der Waals surface area contributed by atoms with Crippen LogP contribution >= 0.6 is 11.8 Å². The van der Waals surface area contributed by atoms with Gasteiger partial charge in [-0.25, -0.2) is 9.59 Å². The second kappa shape index (κ2) is 14.0. The molecule has 0 aliphatic carbocycles. The van der Waals surface area contributed by atoms with Gasteiger partial charge in [-0.2, -0.15) is 11.8 Å². The van der Waals surface area contributed by atoms with Gasteiger partial charge in [-0.3, -0.25) is 19.7 Å². The van der Waals surface area contributed by atoms with Gasteiger partial charge < -0.3 is 20.1 Å². The maximum absolute atomic E-state index is 12.5. The summed E-state index contributed by atoms with van der Waals surface area (Å²) in [5.41, 5.74) is -0.618. The molecule has 2 amide bonds. The highest BCUT2D eigenvalue weighted by Gasteiger charge is 2.24. The van der Waals surface area contributed by atoms with E-state index in [9.17, 15) is 19.5 Å². The number of hydrogen-bond acceptors (Lipinski definition) is 8. The SMILES string of the molecule is CSCCC(NC(=O)CN1C/C=N/CC/N=C/CN(C(=O)OC(C)(C)C)CC1)C(=O)O. The van der Waals surface area contributed by atoms with Gasteiger partial charge in [0.15, 0.2) is 0 Å². The molecule has 176 valence electrons. The van der Waals surface area contributed by atoms with Crippen LogP contribution in [0, 0.1) is 0 Å². The van der Waals surface area contributed by atoms with Crippen molar-refractivity contribution in [3.63, 3.8) is 0 Å². The number of thioether (sulfide) groups is 1. The molecule has 1 unspecified atom stereocenters. The molecule has 1 aliphatic rings. The van der Waals surface area contributed by atoms with Crippen LogP contribution in [-0.4, -0.2) is 115 Å². The maximum atomic E-state index is 12.5. The molecule has 0 bridgehead atoms. The summed E-state index contributed by atoms with van der Waals surface area (Å²) in [5.74, 6) is -0.785. The molecule has 1 aliphatic heterocycles. The Morgan fingerprint density at radius 1 is 1.16 bits per heavy atom. The van der Waals surface area contributed by atoms with E-state index in [1.807, 2.05) is 11.2 Å². The van der Waals surface area contributed by atoms with Crippen LogP contribution in [0.2, 0.25) is 0 Å². The fraction of sp³-hybridized carbons (Fsp3) is 0.750. The smallest absolute Gasteiger partial charge is 0.410 e. The normalized spacial score (nSPS) is 19.4. The largest absolute Gasteiger partial charge is 0.480 e. The van der Waals surface area contributed by atoms with Gasteiger partial charge in [-0.1, -0.05) is 0 Å². The Bertz CT molecular complexity index is 650. The highest BCUT2D eigenvalue weighted by molar-refractivity contribution is 7.98. The zero-order valence-corrected chi connectivity index (χ0v) is 19.7. The second-order valence-electron chi connectivity index (χ2n) is 8.08. The molecule has 31 heavy (non-hydrogen) atoms. The third kappa shape index (κ3) is 12.3. The molecular weight excluding hydrogens is 422 g/mol. The van der Waals surface area contributed by atoms with Crippen molar-refractivity contribution in [1.29, 1.82) is 0 Å². The van der Waals surface area contributed by atoms with E-state index in [-0.39, 0.29) is 12.5 Å². The fourth-order valence-electron chi connectivity index (χ4n) is 2.64. The highest BCUT2D eigenvalue weighted by Crippen LogP contribution is 2.10. The van der Waals surface area contributed by atoms with Gasteiger partial charge in [0.1, 0.15) is 11.6 Å². The number of carboxylic acid groups (broad SMARTS) is 1. The minimum absolute atomic E-state index is 0.00527. The number of nitrogens with one attached hydrogen (secondary N) is 1. The summed E-state index contributed by atoms with van der Waals surface area (Å²) in [6.07, 6.45) is 5.18. The van der Waals surface area contributed by atoms with E-state index >= 15 is 0 Å². The Hall–Kier alpha value is -2.14. The van der Waals surface area contributed by atoms with Crippen molar-refractivity contribution in [1.82, 2.24) is 15.1 Å². The van der Waals surface area contributed by atoms with Crippen LogP contribution in [-0.2, 0) is 14.3 Å². The van der Waals surface area contributed by atoms with E-state index in [2.05, 4.69) is 15.3 Å². The number of hydrogen-bond donors (Lipinski definition) is 2. The number of nitrogens with zero attached hydrogens (tertiary/aromatic N) is 4. The zero-order valence-electron chi connectivity index (χ0n) is 18.9. The molecule has 10 nitrogen and oxygen atoms in total. The lowest BCUT2D eigenvalue weighted by atomic mass is 10.2. The average Bonchev–Trinajstić information content (AvgIpc) is 2.65. The molecule has 1 rings (SSSR count). The summed E-state index contributed by atoms with van der Waals surface area (Å²) in [6, 6.07) is -0.921. The number of aliphatic carboxylic acids is 1. The molecular formula is C20H35N5O5S. The number of aliphatic imine (C=N–C) groups is 2. The summed E-state index contributed by atoms with van der Waals surface area (Å²) in [6.45, 7) is 7.87. The standard InChI is InChI=1S/C20H35N5O5S/c1-20(2,3)30-19(29)25-11-9-22-7-6-21-8-10-24(12-13-25)15-17(26)23-16(18(27)28)5-14-31-4/h8-9,16H,5-7,10-15H2,1-4H3,(H,23,26)(H,27,28)/b21-8+,22-9+. The quantitative estimate of drug-likeness (QED) is 0.584. The number of carboxylic acids is 1. The summed E-state index contributed by atoms with van der Waals surface area (Å²) >= 11 is 1.53.